The highest BCUT2D eigenvalue weighted by molar-refractivity contribution is 5.75. The molecule has 2 unspecified atom stereocenters. The minimum Gasteiger partial charge on any atom is -0.338 e. The third-order valence-electron chi connectivity index (χ3n) is 2.18. The maximum Gasteiger partial charge on any atom is 0.315 e. The van der Waals surface area contributed by atoms with Crippen LogP contribution in [0.3, 0.4) is 0 Å². The number of hydrogen-bond acceptors (Lipinski definition) is 2. The first kappa shape index (κ1) is 5.97. The number of urea groups is 1. The topological polar surface area (TPSA) is 53.2 Å². The fourth-order valence-corrected chi connectivity index (χ4v) is 1.56. The van der Waals surface area contributed by atoms with Crippen LogP contribution in [-0.4, -0.2) is 31.7 Å². The molecular weight excluding hydrogens is 130 g/mol. The van der Waals surface area contributed by atoms with Gasteiger partial charge in [0.05, 0.1) is 0 Å². The lowest BCUT2D eigenvalue weighted by Crippen LogP contribution is -2.54. The van der Waals surface area contributed by atoms with Crippen LogP contribution in [0.5, 0.6) is 0 Å². The molecule has 10 heavy (non-hydrogen) atoms. The third-order valence-corrected chi connectivity index (χ3v) is 2.18. The summed E-state index contributed by atoms with van der Waals surface area (Å²) >= 11 is 0. The first-order valence-corrected chi connectivity index (χ1v) is 3.61. The fourth-order valence-electron chi connectivity index (χ4n) is 1.56. The minimum atomic E-state index is -0.0232. The standard InChI is InChI=1S/C6H11N3O/c10-6-8-2-4-1-7-3-5(4)9-6/h4-5,7H,1-3H2,(H2,8,9,10). The Balaban J connectivity index is 2.03. The number of amides is 2. The molecule has 0 aliphatic carbocycles. The molecule has 2 aliphatic heterocycles. The van der Waals surface area contributed by atoms with Gasteiger partial charge in [0.2, 0.25) is 0 Å². The van der Waals surface area contributed by atoms with Crippen molar-refractivity contribution in [1.82, 2.24) is 16.0 Å². The van der Waals surface area contributed by atoms with Crippen LogP contribution in [0.1, 0.15) is 0 Å². The lowest BCUT2D eigenvalue weighted by molar-refractivity contribution is 0.223. The quantitative estimate of drug-likeness (QED) is 0.400. The van der Waals surface area contributed by atoms with E-state index in [1.54, 1.807) is 0 Å². The summed E-state index contributed by atoms with van der Waals surface area (Å²) in [4.78, 5) is 10.8. The fraction of sp³-hybridized carbons (Fsp3) is 0.833. The van der Waals surface area contributed by atoms with Crippen molar-refractivity contribution in [2.75, 3.05) is 19.6 Å². The molecule has 2 aliphatic rings. The van der Waals surface area contributed by atoms with Crippen LogP contribution in [0, 0.1) is 5.92 Å². The van der Waals surface area contributed by atoms with Gasteiger partial charge in [-0.25, -0.2) is 4.79 Å². The maximum absolute atomic E-state index is 10.8. The molecular formula is C6H11N3O. The Labute approximate surface area is 59.4 Å². The summed E-state index contributed by atoms with van der Waals surface area (Å²) in [7, 11) is 0. The molecule has 0 radical (unpaired) electrons. The zero-order valence-electron chi connectivity index (χ0n) is 5.68. The van der Waals surface area contributed by atoms with Gasteiger partial charge in [0.25, 0.3) is 0 Å². The first-order valence-electron chi connectivity index (χ1n) is 3.61. The highest BCUT2D eigenvalue weighted by atomic mass is 16.2. The van der Waals surface area contributed by atoms with E-state index in [9.17, 15) is 4.79 Å². The van der Waals surface area contributed by atoms with Gasteiger partial charge in [-0.2, -0.15) is 0 Å². The normalized spacial score (nSPS) is 38.2. The van der Waals surface area contributed by atoms with Gasteiger partial charge < -0.3 is 16.0 Å². The summed E-state index contributed by atoms with van der Waals surface area (Å²) in [6, 6.07) is 0.346. The van der Waals surface area contributed by atoms with Gasteiger partial charge in [-0.15, -0.1) is 0 Å². The predicted octanol–water partition coefficient (Wildman–Crippen LogP) is -1.11. The largest absolute Gasteiger partial charge is 0.338 e. The number of nitrogens with one attached hydrogen (secondary N) is 3. The van der Waals surface area contributed by atoms with E-state index in [-0.39, 0.29) is 6.03 Å². The molecule has 2 heterocycles. The van der Waals surface area contributed by atoms with Gasteiger partial charge >= 0.3 is 6.03 Å². The van der Waals surface area contributed by atoms with Gasteiger partial charge in [0.15, 0.2) is 0 Å². The minimum absolute atomic E-state index is 0.0232. The highest BCUT2D eigenvalue weighted by Crippen LogP contribution is 2.10. The van der Waals surface area contributed by atoms with Crippen LogP contribution < -0.4 is 16.0 Å². The second kappa shape index (κ2) is 2.12. The second-order valence-corrected chi connectivity index (χ2v) is 2.88. The summed E-state index contributed by atoms with van der Waals surface area (Å²) in [6.45, 7) is 2.78. The smallest absolute Gasteiger partial charge is 0.315 e. The molecule has 0 spiro atoms. The average Bonchev–Trinajstić information content (AvgIpc) is 2.33. The van der Waals surface area contributed by atoms with Crippen molar-refractivity contribution in [3.63, 3.8) is 0 Å². The highest BCUT2D eigenvalue weighted by Gasteiger charge is 2.31. The van der Waals surface area contributed by atoms with E-state index < -0.39 is 0 Å². The second-order valence-electron chi connectivity index (χ2n) is 2.88. The molecule has 0 aromatic carbocycles. The Morgan fingerprint density at radius 2 is 2.20 bits per heavy atom. The summed E-state index contributed by atoms with van der Waals surface area (Å²) in [5.41, 5.74) is 0. The van der Waals surface area contributed by atoms with Crippen LogP contribution in [0.25, 0.3) is 0 Å². The lowest BCUT2D eigenvalue weighted by Gasteiger charge is -2.25. The summed E-state index contributed by atoms with van der Waals surface area (Å²) < 4.78 is 0. The molecule has 3 N–H and O–H groups in total. The number of carbonyl (C=O) groups excluding carboxylic acids is 1. The van der Waals surface area contributed by atoms with Crippen LogP contribution in [0.4, 0.5) is 4.79 Å². The van der Waals surface area contributed by atoms with Gasteiger partial charge in [0.1, 0.15) is 0 Å². The molecule has 4 nitrogen and oxygen atoms in total. The van der Waals surface area contributed by atoms with Crippen molar-refractivity contribution in [2.24, 2.45) is 5.92 Å². The number of rotatable bonds is 0. The van der Waals surface area contributed by atoms with E-state index in [0.29, 0.717) is 12.0 Å². The SMILES string of the molecule is O=C1NCC2CNCC2N1. The molecule has 0 saturated carbocycles. The van der Waals surface area contributed by atoms with Gasteiger partial charge in [-0.3, -0.25) is 0 Å². The first-order chi connectivity index (χ1) is 4.86. The van der Waals surface area contributed by atoms with E-state index in [4.69, 9.17) is 0 Å². The van der Waals surface area contributed by atoms with Crippen molar-refractivity contribution in [1.29, 1.82) is 0 Å². The van der Waals surface area contributed by atoms with Crippen LogP contribution in [0.2, 0.25) is 0 Å². The molecule has 4 heteroatoms. The van der Waals surface area contributed by atoms with Crippen molar-refractivity contribution >= 4 is 6.03 Å². The summed E-state index contributed by atoms with van der Waals surface area (Å²) in [5, 5.41) is 8.86. The Morgan fingerprint density at radius 3 is 3.10 bits per heavy atom. The molecule has 2 rings (SSSR count). The van der Waals surface area contributed by atoms with Crippen molar-refractivity contribution < 1.29 is 4.79 Å². The number of fused-ring (bicyclic) bond motifs is 1. The number of hydrogen-bond donors (Lipinski definition) is 3. The zero-order chi connectivity index (χ0) is 6.97. The average molecular weight is 141 g/mol. The summed E-state index contributed by atoms with van der Waals surface area (Å²) in [6.07, 6.45) is 0. The molecule has 56 valence electrons. The van der Waals surface area contributed by atoms with E-state index in [0.717, 1.165) is 19.6 Å². The Morgan fingerprint density at radius 1 is 1.30 bits per heavy atom. The summed E-state index contributed by atoms with van der Waals surface area (Å²) in [5.74, 6) is 0.595. The molecule has 2 fully saturated rings. The number of carbonyl (C=O) groups is 1. The molecule has 0 aromatic rings. The molecule has 0 aromatic heterocycles. The van der Waals surface area contributed by atoms with E-state index >= 15 is 0 Å². The molecule has 2 atom stereocenters. The Hall–Kier alpha value is -0.770. The third kappa shape index (κ3) is 0.844. The van der Waals surface area contributed by atoms with Gasteiger partial charge in [-0.05, 0) is 0 Å². The van der Waals surface area contributed by atoms with Crippen molar-refractivity contribution in [2.45, 2.75) is 6.04 Å². The zero-order valence-corrected chi connectivity index (χ0v) is 5.68. The van der Waals surface area contributed by atoms with Crippen LogP contribution in [0.15, 0.2) is 0 Å². The van der Waals surface area contributed by atoms with E-state index in [1.165, 1.54) is 0 Å². The van der Waals surface area contributed by atoms with E-state index in [1.807, 2.05) is 0 Å². The molecule has 2 saturated heterocycles. The van der Waals surface area contributed by atoms with E-state index in [2.05, 4.69) is 16.0 Å². The van der Waals surface area contributed by atoms with Gasteiger partial charge in [-0.1, -0.05) is 0 Å². The Bertz CT molecular complexity index is 159. The predicted molar refractivity (Wildman–Crippen MR) is 36.7 cm³/mol. The Kier molecular flexibility index (Phi) is 1.27. The van der Waals surface area contributed by atoms with Crippen molar-refractivity contribution in [3.8, 4) is 0 Å². The monoisotopic (exact) mass is 141 g/mol. The lowest BCUT2D eigenvalue weighted by atomic mass is 10.0. The van der Waals surface area contributed by atoms with Crippen molar-refractivity contribution in [3.05, 3.63) is 0 Å². The molecule has 0 bridgehead atoms. The van der Waals surface area contributed by atoms with Gasteiger partial charge in [0, 0.05) is 31.6 Å². The van der Waals surface area contributed by atoms with Crippen LogP contribution in [-0.2, 0) is 0 Å². The van der Waals surface area contributed by atoms with Crippen LogP contribution >= 0.6 is 0 Å². The molecule has 2 amide bonds. The maximum atomic E-state index is 10.8.